The van der Waals surface area contributed by atoms with Gasteiger partial charge in [0.2, 0.25) is 0 Å². The second-order valence-electron chi connectivity index (χ2n) is 4.77. The van der Waals surface area contributed by atoms with Crippen molar-refractivity contribution >= 4 is 5.91 Å². The number of likely N-dealkylation sites (N-methyl/N-ethyl adjacent to an activating group) is 1. The van der Waals surface area contributed by atoms with Crippen LogP contribution in [0.4, 0.5) is 0 Å². The largest absolute Gasteiger partial charge is 0.336 e. The molecule has 1 aromatic carbocycles. The average Bonchev–Trinajstić information content (AvgIpc) is 2.41. The van der Waals surface area contributed by atoms with Crippen LogP contribution in [0.25, 0.3) is 0 Å². The summed E-state index contributed by atoms with van der Waals surface area (Å²) in [5.74, 6) is 0.0550. The molecule has 0 radical (unpaired) electrons. The molecule has 94 valence electrons. The average molecular weight is 243 g/mol. The first-order valence-corrected chi connectivity index (χ1v) is 6.11. The highest BCUT2D eigenvalue weighted by atomic mass is 16.2. The van der Waals surface area contributed by atoms with Crippen LogP contribution in [-0.2, 0) is 0 Å². The number of piperazine rings is 1. The smallest absolute Gasteiger partial charge is 0.253 e. The van der Waals surface area contributed by atoms with E-state index in [1.54, 1.807) is 24.3 Å². The molecule has 4 heteroatoms. The number of amides is 1. The minimum Gasteiger partial charge on any atom is -0.336 e. The molecule has 1 atom stereocenters. The van der Waals surface area contributed by atoms with Crippen molar-refractivity contribution in [1.82, 2.24) is 9.80 Å². The zero-order chi connectivity index (χ0) is 13.1. The number of rotatable bonds is 1. The van der Waals surface area contributed by atoms with Crippen LogP contribution in [0, 0.1) is 11.3 Å². The van der Waals surface area contributed by atoms with Crippen LogP contribution in [0.2, 0.25) is 0 Å². The summed E-state index contributed by atoms with van der Waals surface area (Å²) in [6, 6.07) is 9.27. The molecule has 0 saturated carbocycles. The fraction of sp³-hybridized carbons (Fsp3) is 0.429. The number of benzene rings is 1. The Balaban J connectivity index is 2.09. The molecule has 1 heterocycles. The van der Waals surface area contributed by atoms with Crippen molar-refractivity contribution in [3.05, 3.63) is 35.4 Å². The van der Waals surface area contributed by atoms with E-state index in [0.29, 0.717) is 17.2 Å². The number of carbonyl (C=O) groups is 1. The maximum absolute atomic E-state index is 12.3. The number of hydrogen-bond donors (Lipinski definition) is 0. The summed E-state index contributed by atoms with van der Waals surface area (Å²) in [7, 11) is 2.08. The molecule has 0 N–H and O–H groups in total. The van der Waals surface area contributed by atoms with Gasteiger partial charge in [-0.1, -0.05) is 0 Å². The van der Waals surface area contributed by atoms with Crippen LogP contribution >= 0.6 is 0 Å². The molecule has 0 spiro atoms. The normalized spacial score (nSPS) is 20.5. The van der Waals surface area contributed by atoms with Crippen molar-refractivity contribution in [3.63, 3.8) is 0 Å². The van der Waals surface area contributed by atoms with Crippen LogP contribution < -0.4 is 0 Å². The molecule has 0 bridgehead atoms. The van der Waals surface area contributed by atoms with Gasteiger partial charge in [-0.25, -0.2) is 0 Å². The van der Waals surface area contributed by atoms with E-state index < -0.39 is 0 Å². The van der Waals surface area contributed by atoms with Gasteiger partial charge < -0.3 is 9.80 Å². The summed E-state index contributed by atoms with van der Waals surface area (Å²) < 4.78 is 0. The molecule has 1 amide bonds. The molecule has 0 aromatic heterocycles. The first-order valence-electron chi connectivity index (χ1n) is 6.11. The predicted molar refractivity (Wildman–Crippen MR) is 69.2 cm³/mol. The Kier molecular flexibility index (Phi) is 3.63. The summed E-state index contributed by atoms with van der Waals surface area (Å²) in [5, 5.41) is 8.73. The lowest BCUT2D eigenvalue weighted by atomic mass is 10.1. The first-order chi connectivity index (χ1) is 8.61. The van der Waals surface area contributed by atoms with Gasteiger partial charge >= 0.3 is 0 Å². The fourth-order valence-corrected chi connectivity index (χ4v) is 2.10. The zero-order valence-corrected chi connectivity index (χ0v) is 10.8. The van der Waals surface area contributed by atoms with Crippen LogP contribution in [0.5, 0.6) is 0 Å². The summed E-state index contributed by atoms with van der Waals surface area (Å²) >= 11 is 0. The van der Waals surface area contributed by atoms with Crippen molar-refractivity contribution in [3.8, 4) is 6.07 Å². The monoisotopic (exact) mass is 243 g/mol. The van der Waals surface area contributed by atoms with Gasteiger partial charge in [0, 0.05) is 31.2 Å². The van der Waals surface area contributed by atoms with Crippen LogP contribution in [0.15, 0.2) is 24.3 Å². The molecule has 1 aliphatic heterocycles. The summed E-state index contributed by atoms with van der Waals surface area (Å²) in [4.78, 5) is 16.4. The van der Waals surface area contributed by atoms with Gasteiger partial charge in [0.05, 0.1) is 11.6 Å². The highest BCUT2D eigenvalue weighted by Gasteiger charge is 2.24. The maximum atomic E-state index is 12.3. The SMILES string of the molecule is CC1CN(C(=O)c2ccc(C#N)cc2)CCN1C. The Morgan fingerprint density at radius 1 is 1.33 bits per heavy atom. The Bertz CT molecular complexity index is 475. The number of hydrogen-bond acceptors (Lipinski definition) is 3. The molecule has 2 rings (SSSR count). The Hall–Kier alpha value is -1.86. The zero-order valence-electron chi connectivity index (χ0n) is 10.8. The molecule has 0 aliphatic carbocycles. The minimum atomic E-state index is 0.0550. The molecule has 4 nitrogen and oxygen atoms in total. The third-order valence-electron chi connectivity index (χ3n) is 3.51. The van der Waals surface area contributed by atoms with Gasteiger partial charge in [0.1, 0.15) is 0 Å². The molecular formula is C14H17N3O. The molecule has 1 saturated heterocycles. The standard InChI is InChI=1S/C14H17N3O/c1-11-10-17(8-7-16(11)2)14(18)13-5-3-12(9-15)4-6-13/h3-6,11H,7-8,10H2,1-2H3. The van der Waals surface area contributed by atoms with Gasteiger partial charge in [-0.05, 0) is 38.2 Å². The van der Waals surface area contributed by atoms with Crippen molar-refractivity contribution < 1.29 is 4.79 Å². The lowest BCUT2D eigenvalue weighted by Crippen LogP contribution is -2.52. The van der Waals surface area contributed by atoms with Crippen molar-refractivity contribution in [2.75, 3.05) is 26.7 Å². The predicted octanol–water partition coefficient (Wildman–Crippen LogP) is 1.33. The first kappa shape index (κ1) is 12.6. The van der Waals surface area contributed by atoms with Crippen molar-refractivity contribution in [2.24, 2.45) is 0 Å². The third-order valence-corrected chi connectivity index (χ3v) is 3.51. The summed E-state index contributed by atoms with van der Waals surface area (Å²) in [5.41, 5.74) is 1.24. The quantitative estimate of drug-likeness (QED) is 0.747. The number of carbonyl (C=O) groups excluding carboxylic acids is 1. The summed E-state index contributed by atoms with van der Waals surface area (Å²) in [6.07, 6.45) is 0. The second-order valence-corrected chi connectivity index (χ2v) is 4.77. The van der Waals surface area contributed by atoms with Gasteiger partial charge in [0.25, 0.3) is 5.91 Å². The molecule has 18 heavy (non-hydrogen) atoms. The van der Waals surface area contributed by atoms with E-state index in [9.17, 15) is 4.79 Å². The van der Waals surface area contributed by atoms with Crippen molar-refractivity contribution in [1.29, 1.82) is 5.26 Å². The van der Waals surface area contributed by atoms with E-state index in [1.807, 2.05) is 4.90 Å². The molecule has 1 unspecified atom stereocenters. The van der Waals surface area contributed by atoms with Crippen LogP contribution in [0.3, 0.4) is 0 Å². The number of nitrogens with zero attached hydrogens (tertiary/aromatic N) is 3. The molecule has 1 fully saturated rings. The lowest BCUT2D eigenvalue weighted by Gasteiger charge is -2.37. The van der Waals surface area contributed by atoms with Gasteiger partial charge in [-0.3, -0.25) is 4.79 Å². The van der Waals surface area contributed by atoms with E-state index in [-0.39, 0.29) is 5.91 Å². The van der Waals surface area contributed by atoms with Gasteiger partial charge in [-0.2, -0.15) is 5.26 Å². The van der Waals surface area contributed by atoms with E-state index in [1.165, 1.54) is 0 Å². The van der Waals surface area contributed by atoms with E-state index in [4.69, 9.17) is 5.26 Å². The topological polar surface area (TPSA) is 47.3 Å². The van der Waals surface area contributed by atoms with E-state index >= 15 is 0 Å². The Labute approximate surface area is 107 Å². The van der Waals surface area contributed by atoms with Crippen molar-refractivity contribution in [2.45, 2.75) is 13.0 Å². The molecule has 1 aromatic rings. The summed E-state index contributed by atoms with van der Waals surface area (Å²) in [6.45, 7) is 4.55. The lowest BCUT2D eigenvalue weighted by molar-refractivity contribution is 0.0572. The molecular weight excluding hydrogens is 226 g/mol. The Morgan fingerprint density at radius 3 is 2.56 bits per heavy atom. The Morgan fingerprint density at radius 2 is 2.00 bits per heavy atom. The number of nitriles is 1. The second kappa shape index (κ2) is 5.19. The van der Waals surface area contributed by atoms with Crippen LogP contribution in [0.1, 0.15) is 22.8 Å². The highest BCUT2D eigenvalue weighted by molar-refractivity contribution is 5.94. The van der Waals surface area contributed by atoms with E-state index in [0.717, 1.165) is 19.6 Å². The fourth-order valence-electron chi connectivity index (χ4n) is 2.10. The third kappa shape index (κ3) is 2.52. The highest BCUT2D eigenvalue weighted by Crippen LogP contribution is 2.12. The molecule has 1 aliphatic rings. The van der Waals surface area contributed by atoms with Gasteiger partial charge in [0.15, 0.2) is 0 Å². The van der Waals surface area contributed by atoms with E-state index in [2.05, 4.69) is 24.9 Å². The van der Waals surface area contributed by atoms with Gasteiger partial charge in [-0.15, -0.1) is 0 Å². The maximum Gasteiger partial charge on any atom is 0.253 e. The van der Waals surface area contributed by atoms with Crippen LogP contribution in [-0.4, -0.2) is 48.4 Å². The minimum absolute atomic E-state index is 0.0550.